The molecule has 0 saturated carbocycles. The molecular weight excluding hydrogens is 468 g/mol. The number of aromatic amines is 1. The first-order chi connectivity index (χ1) is 16.4. The van der Waals surface area contributed by atoms with Crippen molar-refractivity contribution in [3.63, 3.8) is 0 Å². The predicted molar refractivity (Wildman–Crippen MR) is 120 cm³/mol. The molecule has 7 N–H and O–H groups in total. The van der Waals surface area contributed by atoms with Gasteiger partial charge < -0.3 is 36.0 Å². The van der Waals surface area contributed by atoms with Crippen molar-refractivity contribution in [3.05, 3.63) is 51.8 Å². The number of hydrogen-bond donors (Lipinski definition) is 7. The monoisotopic (exact) mass is 493 g/mol. The number of carbonyl (C=O) groups is 3. The lowest BCUT2D eigenvalue weighted by Gasteiger charge is -2.20. The number of aliphatic carboxylic acids is 1. The number of benzene rings is 1. The number of H-pyrrole nitrogens is 1. The number of halogens is 2. The molecule has 0 radical (unpaired) electrons. The molecule has 0 spiro atoms. The fraction of sp³-hybridized carbons (Fsp3) is 0.348. The Balaban J connectivity index is 1.75. The van der Waals surface area contributed by atoms with Gasteiger partial charge in [0.25, 0.3) is 11.8 Å². The van der Waals surface area contributed by atoms with Crippen molar-refractivity contribution in [1.82, 2.24) is 10.3 Å². The summed E-state index contributed by atoms with van der Waals surface area (Å²) in [5, 5.41) is 43.1. The number of aromatic nitrogens is 1. The van der Waals surface area contributed by atoms with Crippen LogP contribution in [0.5, 0.6) is 0 Å². The van der Waals surface area contributed by atoms with Crippen molar-refractivity contribution in [1.29, 1.82) is 0 Å². The molecule has 3 atom stereocenters. The first-order valence-electron chi connectivity index (χ1n) is 10.7. The van der Waals surface area contributed by atoms with Crippen LogP contribution in [0.1, 0.15) is 45.7 Å². The van der Waals surface area contributed by atoms with Crippen molar-refractivity contribution in [3.8, 4) is 0 Å². The number of carbonyl (C=O) groups excluding carboxylic acids is 2. The van der Waals surface area contributed by atoms with Crippen LogP contribution < -0.4 is 10.6 Å². The molecule has 0 bridgehead atoms. The smallest absolute Gasteiger partial charge is 0.305 e. The molecule has 1 aromatic carbocycles. The van der Waals surface area contributed by atoms with Crippen LogP contribution in [0.2, 0.25) is 0 Å². The van der Waals surface area contributed by atoms with Crippen LogP contribution in [0.15, 0.2) is 12.1 Å². The molecule has 0 saturated heterocycles. The number of fused-ring (bicyclic) bond motifs is 1. The summed E-state index contributed by atoms with van der Waals surface area (Å²) in [4.78, 5) is 38.6. The van der Waals surface area contributed by atoms with Gasteiger partial charge in [-0.3, -0.25) is 14.4 Å². The summed E-state index contributed by atoms with van der Waals surface area (Å²) in [5.41, 5.74) is 1.09. The molecular formula is C23H25F2N3O7. The molecule has 0 fully saturated rings. The molecule has 10 nitrogen and oxygen atoms in total. The van der Waals surface area contributed by atoms with E-state index in [2.05, 4.69) is 15.6 Å². The second-order valence-corrected chi connectivity index (χ2v) is 8.29. The van der Waals surface area contributed by atoms with Gasteiger partial charge in [0.2, 0.25) is 0 Å². The number of aryl methyl sites for hydroxylation is 1. The number of hydrogen-bond acceptors (Lipinski definition) is 6. The van der Waals surface area contributed by atoms with Gasteiger partial charge in [-0.15, -0.1) is 0 Å². The van der Waals surface area contributed by atoms with E-state index in [-0.39, 0.29) is 28.9 Å². The van der Waals surface area contributed by atoms with Crippen LogP contribution in [-0.2, 0) is 9.59 Å². The number of carboxylic acid groups (broad SMARTS) is 1. The summed E-state index contributed by atoms with van der Waals surface area (Å²) in [5.74, 6) is -4.80. The molecule has 3 unspecified atom stereocenters. The zero-order chi connectivity index (χ0) is 26.0. The zero-order valence-electron chi connectivity index (χ0n) is 18.9. The maximum absolute atomic E-state index is 14.4. The van der Waals surface area contributed by atoms with Crippen LogP contribution in [-0.4, -0.2) is 68.1 Å². The van der Waals surface area contributed by atoms with Gasteiger partial charge in [-0.25, -0.2) is 8.78 Å². The summed E-state index contributed by atoms with van der Waals surface area (Å²) in [6.45, 7) is 2.77. The third-order valence-corrected chi connectivity index (χ3v) is 5.69. The number of aliphatic hydroxyl groups is 3. The molecule has 0 aliphatic carbocycles. The van der Waals surface area contributed by atoms with Gasteiger partial charge in [-0.1, -0.05) is 0 Å². The van der Waals surface area contributed by atoms with Crippen LogP contribution in [0.4, 0.5) is 14.5 Å². The lowest BCUT2D eigenvalue weighted by Crippen LogP contribution is -2.40. The average molecular weight is 493 g/mol. The topological polar surface area (TPSA) is 172 Å². The molecule has 2 amide bonds. The first kappa shape index (κ1) is 26.0. The highest BCUT2D eigenvalue weighted by Crippen LogP contribution is 2.36. The largest absolute Gasteiger partial charge is 0.481 e. The van der Waals surface area contributed by atoms with Crippen molar-refractivity contribution < 1.29 is 43.6 Å². The van der Waals surface area contributed by atoms with Gasteiger partial charge in [0, 0.05) is 29.9 Å². The molecule has 188 valence electrons. The fourth-order valence-corrected chi connectivity index (χ4v) is 3.90. The molecule has 1 aromatic heterocycles. The Labute approximate surface area is 198 Å². The molecule has 1 aliphatic rings. The van der Waals surface area contributed by atoms with Gasteiger partial charge in [-0.2, -0.15) is 0 Å². The summed E-state index contributed by atoms with van der Waals surface area (Å²) < 4.78 is 28.1. The summed E-state index contributed by atoms with van der Waals surface area (Å²) in [7, 11) is 0. The highest BCUT2D eigenvalue weighted by atomic mass is 19.2. The number of aliphatic hydroxyl groups excluding tert-OH is 3. The Kier molecular flexibility index (Phi) is 7.68. The Morgan fingerprint density at radius 1 is 1.14 bits per heavy atom. The minimum atomic E-state index is -1.48. The molecule has 2 aromatic rings. The van der Waals surface area contributed by atoms with E-state index < -0.39 is 60.6 Å². The maximum Gasteiger partial charge on any atom is 0.305 e. The highest BCUT2D eigenvalue weighted by molar-refractivity contribution is 6.35. The van der Waals surface area contributed by atoms with E-state index in [0.29, 0.717) is 17.0 Å². The Hall–Kier alpha value is -3.61. The third-order valence-electron chi connectivity index (χ3n) is 5.69. The van der Waals surface area contributed by atoms with Crippen molar-refractivity contribution >= 4 is 35.1 Å². The molecule has 12 heteroatoms. The van der Waals surface area contributed by atoms with Gasteiger partial charge >= 0.3 is 5.97 Å². The average Bonchev–Trinajstić information content (AvgIpc) is 3.23. The molecule has 1 aliphatic heterocycles. The van der Waals surface area contributed by atoms with E-state index in [9.17, 15) is 38.5 Å². The minimum Gasteiger partial charge on any atom is -0.481 e. The Bertz CT molecular complexity index is 1210. The second-order valence-electron chi connectivity index (χ2n) is 8.29. The van der Waals surface area contributed by atoms with Gasteiger partial charge in [0.1, 0.15) is 0 Å². The van der Waals surface area contributed by atoms with Crippen molar-refractivity contribution in [2.75, 3.05) is 11.9 Å². The SMILES string of the molecule is Cc1[nH]c(/C=C2\C(=O)Nc3ccc(F)c(F)c32)c(C)c1C(=O)NCC(O)C(O)CC(O)CC(=O)O. The summed E-state index contributed by atoms with van der Waals surface area (Å²) in [6, 6.07) is 2.15. The quantitative estimate of drug-likeness (QED) is 0.256. The fourth-order valence-electron chi connectivity index (χ4n) is 3.90. The lowest BCUT2D eigenvalue weighted by molar-refractivity contribution is -0.139. The number of rotatable bonds is 9. The highest BCUT2D eigenvalue weighted by Gasteiger charge is 2.30. The van der Waals surface area contributed by atoms with Gasteiger partial charge in [0.05, 0.1) is 41.6 Å². The van der Waals surface area contributed by atoms with E-state index in [0.717, 1.165) is 6.07 Å². The van der Waals surface area contributed by atoms with Crippen LogP contribution in [0.3, 0.4) is 0 Å². The van der Waals surface area contributed by atoms with Crippen molar-refractivity contribution in [2.24, 2.45) is 0 Å². The van der Waals surface area contributed by atoms with Crippen LogP contribution in [0.25, 0.3) is 11.6 Å². The van der Waals surface area contributed by atoms with Crippen LogP contribution in [0, 0.1) is 25.5 Å². The van der Waals surface area contributed by atoms with E-state index in [1.54, 1.807) is 13.8 Å². The molecule has 2 heterocycles. The standard InChI is InChI=1S/C23H25F2N3O7/c1-9-15(7-12-20-14(28-22(12)34)4-3-13(24)21(20)25)27-10(2)19(9)23(35)26-8-17(31)16(30)5-11(29)6-18(32)33/h3-4,7,11,16-17,27,29-31H,5-6,8H2,1-2H3,(H,26,35)(H,28,34)(H,32,33)/b12-7-. The lowest BCUT2D eigenvalue weighted by atomic mass is 10.0. The maximum atomic E-state index is 14.4. The number of nitrogens with one attached hydrogen (secondary N) is 3. The van der Waals surface area contributed by atoms with E-state index >= 15 is 0 Å². The second kappa shape index (κ2) is 10.3. The summed E-state index contributed by atoms with van der Waals surface area (Å²) in [6.07, 6.45) is -4.01. The number of carboxylic acids is 1. The molecule has 35 heavy (non-hydrogen) atoms. The number of anilines is 1. The van der Waals surface area contributed by atoms with Gasteiger partial charge in [-0.05, 0) is 37.6 Å². The minimum absolute atomic E-state index is 0.119. The zero-order valence-corrected chi connectivity index (χ0v) is 18.9. The number of amides is 2. The summed E-state index contributed by atoms with van der Waals surface area (Å²) >= 11 is 0. The third kappa shape index (κ3) is 5.56. The van der Waals surface area contributed by atoms with Crippen molar-refractivity contribution in [2.45, 2.75) is 45.0 Å². The van der Waals surface area contributed by atoms with Gasteiger partial charge in [0.15, 0.2) is 11.6 Å². The van der Waals surface area contributed by atoms with E-state index in [4.69, 9.17) is 5.11 Å². The van der Waals surface area contributed by atoms with E-state index in [1.807, 2.05) is 0 Å². The predicted octanol–water partition coefficient (Wildman–Crippen LogP) is 1.08. The molecule has 3 rings (SSSR count). The normalized spacial score (nSPS) is 16.5. The Morgan fingerprint density at radius 2 is 1.83 bits per heavy atom. The Morgan fingerprint density at radius 3 is 2.49 bits per heavy atom. The van der Waals surface area contributed by atoms with Crippen LogP contribution >= 0.6 is 0 Å². The van der Waals surface area contributed by atoms with E-state index in [1.165, 1.54) is 12.1 Å². The first-order valence-corrected chi connectivity index (χ1v) is 10.7.